The van der Waals surface area contributed by atoms with Gasteiger partial charge in [0.2, 0.25) is 10.0 Å². The second-order valence-electron chi connectivity index (χ2n) is 4.49. The van der Waals surface area contributed by atoms with Crippen molar-refractivity contribution < 1.29 is 17.9 Å². The van der Waals surface area contributed by atoms with Crippen LogP contribution in [0.15, 0.2) is 47.4 Å². The molecule has 0 unspecified atom stereocenters. The van der Waals surface area contributed by atoms with Crippen LogP contribution in [0.3, 0.4) is 0 Å². The molecule has 0 saturated carbocycles. The average molecular weight is 310 g/mol. The second-order valence-corrected chi connectivity index (χ2v) is 6.22. The van der Waals surface area contributed by atoms with E-state index >= 15 is 0 Å². The molecular formula is C14H15FN2O3S. The van der Waals surface area contributed by atoms with E-state index in [-0.39, 0.29) is 18.8 Å². The van der Waals surface area contributed by atoms with E-state index in [0.717, 1.165) is 17.7 Å². The Morgan fingerprint density at radius 2 is 1.71 bits per heavy atom. The number of nitrogens with one attached hydrogen (secondary N) is 1. The fourth-order valence-corrected chi connectivity index (χ4v) is 2.87. The predicted octanol–water partition coefficient (Wildman–Crippen LogP) is 1.38. The van der Waals surface area contributed by atoms with Crippen LogP contribution >= 0.6 is 0 Å². The van der Waals surface area contributed by atoms with Gasteiger partial charge in [0.15, 0.2) is 0 Å². The van der Waals surface area contributed by atoms with E-state index in [0.29, 0.717) is 5.56 Å². The van der Waals surface area contributed by atoms with Crippen LogP contribution in [0.5, 0.6) is 0 Å². The predicted molar refractivity (Wildman–Crippen MR) is 77.2 cm³/mol. The van der Waals surface area contributed by atoms with Gasteiger partial charge in [-0.3, -0.25) is 0 Å². The SMILES string of the molecule is Nc1ccc(F)c(S(=O)(=O)NCc2ccc(CO)cc2)c1. The monoisotopic (exact) mass is 310 g/mol. The van der Waals surface area contributed by atoms with Crippen molar-refractivity contribution in [3.05, 3.63) is 59.4 Å². The number of anilines is 1. The number of hydrogen-bond acceptors (Lipinski definition) is 4. The Morgan fingerprint density at radius 3 is 2.33 bits per heavy atom. The lowest BCUT2D eigenvalue weighted by Crippen LogP contribution is -2.24. The van der Waals surface area contributed by atoms with Crippen molar-refractivity contribution in [2.24, 2.45) is 0 Å². The van der Waals surface area contributed by atoms with Crippen LogP contribution in [0.2, 0.25) is 0 Å². The van der Waals surface area contributed by atoms with E-state index in [1.54, 1.807) is 24.3 Å². The zero-order valence-corrected chi connectivity index (χ0v) is 11.9. The third kappa shape index (κ3) is 3.78. The van der Waals surface area contributed by atoms with Crippen molar-refractivity contribution in [2.75, 3.05) is 5.73 Å². The highest BCUT2D eigenvalue weighted by Gasteiger charge is 2.18. The topological polar surface area (TPSA) is 92.4 Å². The third-order valence-electron chi connectivity index (χ3n) is 2.92. The van der Waals surface area contributed by atoms with Gasteiger partial charge in [0.05, 0.1) is 6.61 Å². The van der Waals surface area contributed by atoms with Gasteiger partial charge in [-0.05, 0) is 29.3 Å². The highest BCUT2D eigenvalue weighted by Crippen LogP contribution is 2.18. The Hall–Kier alpha value is -1.96. The van der Waals surface area contributed by atoms with Crippen molar-refractivity contribution in [2.45, 2.75) is 18.0 Å². The summed E-state index contributed by atoms with van der Waals surface area (Å²) in [7, 11) is -3.98. The Balaban J connectivity index is 2.15. The maximum atomic E-state index is 13.6. The van der Waals surface area contributed by atoms with Crippen LogP contribution in [0, 0.1) is 5.82 Å². The molecule has 0 aliphatic heterocycles. The first-order valence-electron chi connectivity index (χ1n) is 6.16. The second kappa shape index (κ2) is 6.21. The summed E-state index contributed by atoms with van der Waals surface area (Å²) in [5.74, 6) is -0.854. The Morgan fingerprint density at radius 1 is 1.10 bits per heavy atom. The quantitative estimate of drug-likeness (QED) is 0.727. The molecule has 2 rings (SSSR count). The number of nitrogen functional groups attached to an aromatic ring is 1. The fourth-order valence-electron chi connectivity index (χ4n) is 1.74. The molecule has 0 aliphatic carbocycles. The summed E-state index contributed by atoms with van der Waals surface area (Å²) >= 11 is 0. The highest BCUT2D eigenvalue weighted by atomic mass is 32.2. The summed E-state index contributed by atoms with van der Waals surface area (Å²) in [6.07, 6.45) is 0. The van der Waals surface area contributed by atoms with Crippen molar-refractivity contribution >= 4 is 15.7 Å². The molecule has 0 amide bonds. The van der Waals surface area contributed by atoms with Crippen LogP contribution in [0.4, 0.5) is 10.1 Å². The molecule has 0 heterocycles. The minimum absolute atomic E-state index is 0.0162. The van der Waals surface area contributed by atoms with E-state index in [2.05, 4.69) is 4.72 Å². The van der Waals surface area contributed by atoms with Crippen molar-refractivity contribution in [3.63, 3.8) is 0 Å². The molecule has 112 valence electrons. The molecule has 0 spiro atoms. The first-order valence-corrected chi connectivity index (χ1v) is 7.64. The molecule has 2 aromatic rings. The number of benzene rings is 2. The molecule has 0 radical (unpaired) electrons. The Bertz CT molecular complexity index is 730. The molecule has 0 aliphatic rings. The van der Waals surface area contributed by atoms with Crippen LogP contribution in [0.25, 0.3) is 0 Å². The van der Waals surface area contributed by atoms with Crippen molar-refractivity contribution in [1.29, 1.82) is 0 Å². The number of nitrogens with two attached hydrogens (primary N) is 1. The summed E-state index contributed by atoms with van der Waals surface area (Å²) < 4.78 is 40.0. The standard InChI is InChI=1S/C14H15FN2O3S/c15-13-6-5-12(16)7-14(13)21(19,20)17-8-10-1-3-11(9-18)4-2-10/h1-7,17-18H,8-9,16H2. The lowest BCUT2D eigenvalue weighted by molar-refractivity contribution is 0.282. The number of aliphatic hydroxyl groups is 1. The first-order chi connectivity index (χ1) is 9.92. The molecule has 0 bridgehead atoms. The summed E-state index contributed by atoms with van der Waals surface area (Å²) in [5.41, 5.74) is 7.07. The maximum absolute atomic E-state index is 13.6. The van der Waals surface area contributed by atoms with Gasteiger partial charge in [-0.1, -0.05) is 24.3 Å². The van der Waals surface area contributed by atoms with E-state index in [1.165, 1.54) is 6.07 Å². The highest BCUT2D eigenvalue weighted by molar-refractivity contribution is 7.89. The van der Waals surface area contributed by atoms with Gasteiger partial charge in [-0.25, -0.2) is 17.5 Å². The van der Waals surface area contributed by atoms with Crippen LogP contribution in [-0.4, -0.2) is 13.5 Å². The summed E-state index contributed by atoms with van der Waals surface area (Å²) in [4.78, 5) is -0.477. The largest absolute Gasteiger partial charge is 0.399 e. The summed E-state index contributed by atoms with van der Waals surface area (Å²) in [6.45, 7) is -0.0667. The van der Waals surface area contributed by atoms with Gasteiger partial charge >= 0.3 is 0 Å². The number of rotatable bonds is 5. The fraction of sp³-hybridized carbons (Fsp3) is 0.143. The van der Waals surface area contributed by atoms with E-state index in [4.69, 9.17) is 10.8 Å². The van der Waals surface area contributed by atoms with E-state index < -0.39 is 20.7 Å². The smallest absolute Gasteiger partial charge is 0.243 e. The van der Waals surface area contributed by atoms with Gasteiger partial charge in [0, 0.05) is 12.2 Å². The number of sulfonamides is 1. The van der Waals surface area contributed by atoms with Crippen molar-refractivity contribution in [3.8, 4) is 0 Å². The molecule has 4 N–H and O–H groups in total. The van der Waals surface area contributed by atoms with Crippen LogP contribution in [0.1, 0.15) is 11.1 Å². The average Bonchev–Trinajstić information content (AvgIpc) is 2.48. The van der Waals surface area contributed by atoms with Crippen LogP contribution in [-0.2, 0) is 23.2 Å². The van der Waals surface area contributed by atoms with Gasteiger partial charge in [-0.2, -0.15) is 0 Å². The zero-order valence-electron chi connectivity index (χ0n) is 11.1. The van der Waals surface area contributed by atoms with Gasteiger partial charge < -0.3 is 10.8 Å². The molecule has 5 nitrogen and oxygen atoms in total. The lowest BCUT2D eigenvalue weighted by atomic mass is 10.1. The minimum atomic E-state index is -3.98. The molecule has 2 aromatic carbocycles. The summed E-state index contributed by atoms with van der Waals surface area (Å²) in [6, 6.07) is 10.1. The Labute approximate surface area is 122 Å². The van der Waals surface area contributed by atoms with Gasteiger partial charge in [0.25, 0.3) is 0 Å². The van der Waals surface area contributed by atoms with E-state index in [1.807, 2.05) is 0 Å². The number of hydrogen-bond donors (Lipinski definition) is 3. The van der Waals surface area contributed by atoms with Gasteiger partial charge in [0.1, 0.15) is 10.7 Å². The number of aliphatic hydroxyl groups excluding tert-OH is 1. The molecule has 0 aromatic heterocycles. The molecule has 0 saturated heterocycles. The maximum Gasteiger partial charge on any atom is 0.243 e. The van der Waals surface area contributed by atoms with Gasteiger partial charge in [-0.15, -0.1) is 0 Å². The summed E-state index contributed by atoms with van der Waals surface area (Å²) in [5, 5.41) is 8.93. The lowest BCUT2D eigenvalue weighted by Gasteiger charge is -2.09. The normalized spacial score (nSPS) is 11.5. The minimum Gasteiger partial charge on any atom is -0.399 e. The van der Waals surface area contributed by atoms with Crippen LogP contribution < -0.4 is 10.5 Å². The van der Waals surface area contributed by atoms with E-state index in [9.17, 15) is 12.8 Å². The molecule has 0 fully saturated rings. The molecular weight excluding hydrogens is 295 g/mol. The number of halogens is 1. The third-order valence-corrected chi connectivity index (χ3v) is 4.33. The Kier molecular flexibility index (Phi) is 4.56. The molecule has 0 atom stereocenters. The molecule has 21 heavy (non-hydrogen) atoms. The first kappa shape index (κ1) is 15.4. The van der Waals surface area contributed by atoms with Crippen molar-refractivity contribution in [1.82, 2.24) is 4.72 Å². The molecule has 7 heteroatoms. The zero-order chi connectivity index (χ0) is 15.5.